The van der Waals surface area contributed by atoms with E-state index in [-0.39, 0.29) is 66.8 Å². The number of ether oxygens (including phenoxy) is 6. The highest BCUT2D eigenvalue weighted by Gasteiger charge is 2.40. The van der Waals surface area contributed by atoms with Gasteiger partial charge in [0.1, 0.15) is 30.4 Å². The number of rotatable bonds is 14. The van der Waals surface area contributed by atoms with Gasteiger partial charge in [-0.2, -0.15) is 13.2 Å². The summed E-state index contributed by atoms with van der Waals surface area (Å²) < 4.78 is 62.7. The van der Waals surface area contributed by atoms with E-state index in [1.807, 2.05) is 66.0 Å². The molecule has 0 aliphatic carbocycles. The Bertz CT molecular complexity index is 2560. The van der Waals surface area contributed by atoms with E-state index in [4.69, 9.17) is 38.7 Å². The Hall–Kier alpha value is -8.54. The average Bonchev–Trinajstić information content (AvgIpc) is 3.97. The summed E-state index contributed by atoms with van der Waals surface area (Å²) in [4.78, 5) is 78.6. The SMILES string of the molecule is C=C1C[C@@H](C(=O)OC)N(C(=O)c2cc(OC)c(OCc3ccccc3)cc2[N+](=O)[O-])C1.C=C1C[NH2+][C@H](C(=O)OC)C1.COc1cc(C(=O)O)c([N+](=O)[O-])cc1OCc1ccccc1.O=C(O)C(F)(F)F. The van der Waals surface area contributed by atoms with Gasteiger partial charge in [0.2, 0.25) is 0 Å². The van der Waals surface area contributed by atoms with Gasteiger partial charge in [-0.25, -0.2) is 19.2 Å². The van der Waals surface area contributed by atoms with Crippen LogP contribution in [0, 0.1) is 20.2 Å². The molecule has 70 heavy (non-hydrogen) atoms. The average molecular weight is 986 g/mol. The van der Waals surface area contributed by atoms with Gasteiger partial charge in [0.05, 0.1) is 57.0 Å². The Labute approximate surface area is 396 Å². The topological polar surface area (TPSA) is 287 Å². The van der Waals surface area contributed by atoms with Crippen LogP contribution >= 0.6 is 0 Å². The van der Waals surface area contributed by atoms with E-state index in [0.717, 1.165) is 47.9 Å². The number of carboxylic acid groups (broad SMARTS) is 2. The summed E-state index contributed by atoms with van der Waals surface area (Å²) in [5.41, 5.74) is 1.85. The number of quaternary nitrogens is 1. The van der Waals surface area contributed by atoms with Crippen LogP contribution < -0.4 is 24.3 Å². The highest BCUT2D eigenvalue weighted by Crippen LogP contribution is 2.38. The van der Waals surface area contributed by atoms with Crippen LogP contribution in [-0.2, 0) is 37.1 Å². The lowest BCUT2D eigenvalue weighted by atomic mass is 10.1. The minimum Gasteiger partial charge on any atom is -0.493 e. The van der Waals surface area contributed by atoms with Crippen LogP contribution in [0.25, 0.3) is 0 Å². The molecule has 0 unspecified atom stereocenters. The molecule has 4 aromatic carbocycles. The largest absolute Gasteiger partial charge is 0.493 e. The fourth-order valence-corrected chi connectivity index (χ4v) is 6.39. The third-order valence-corrected chi connectivity index (χ3v) is 9.82. The second-order valence-corrected chi connectivity index (χ2v) is 14.7. The maximum absolute atomic E-state index is 13.2. The number of nitro benzene ring substituents is 2. The minimum atomic E-state index is -5.08. The molecule has 1 amide bonds. The quantitative estimate of drug-likeness (QED) is 0.0592. The highest BCUT2D eigenvalue weighted by atomic mass is 19.4. The van der Waals surface area contributed by atoms with Gasteiger partial charge < -0.3 is 48.9 Å². The molecule has 374 valence electrons. The number of nitrogens with two attached hydrogens (primary N) is 1. The summed E-state index contributed by atoms with van der Waals surface area (Å²) in [6, 6.07) is 22.1. The second kappa shape index (κ2) is 26.1. The molecule has 2 aliphatic heterocycles. The number of amides is 1. The number of nitro groups is 2. The molecule has 0 radical (unpaired) electrons. The molecule has 2 fully saturated rings. The van der Waals surface area contributed by atoms with E-state index >= 15 is 0 Å². The van der Waals surface area contributed by atoms with Crippen molar-refractivity contribution in [2.45, 2.75) is 44.3 Å². The number of aromatic carboxylic acids is 1. The van der Waals surface area contributed by atoms with Crippen molar-refractivity contribution in [3.63, 3.8) is 0 Å². The van der Waals surface area contributed by atoms with Crippen LogP contribution in [-0.4, -0.2) is 115 Å². The Morgan fingerprint density at radius 1 is 0.700 bits per heavy atom. The molecule has 0 spiro atoms. The lowest BCUT2D eigenvalue weighted by molar-refractivity contribution is -0.656. The zero-order valence-electron chi connectivity index (χ0n) is 38.0. The van der Waals surface area contributed by atoms with Crippen LogP contribution in [0.4, 0.5) is 24.5 Å². The predicted octanol–water partition coefficient (Wildman–Crippen LogP) is 5.69. The summed E-state index contributed by atoms with van der Waals surface area (Å²) >= 11 is 0. The number of benzene rings is 4. The van der Waals surface area contributed by atoms with Crippen molar-refractivity contribution >= 4 is 41.2 Å². The van der Waals surface area contributed by atoms with E-state index < -0.39 is 62.8 Å². The summed E-state index contributed by atoms with van der Waals surface area (Å²) in [6.45, 7) is 8.92. The van der Waals surface area contributed by atoms with Crippen LogP contribution in [0.5, 0.6) is 23.0 Å². The molecular formula is C46H48F3N4O17+. The fraction of sp³-hybridized carbons (Fsp3) is 0.283. The van der Waals surface area contributed by atoms with Crippen molar-refractivity contribution < 1.29 is 90.9 Å². The molecule has 2 heterocycles. The van der Waals surface area contributed by atoms with Gasteiger partial charge in [-0.3, -0.25) is 25.0 Å². The summed E-state index contributed by atoms with van der Waals surface area (Å²) in [7, 11) is 5.34. The third-order valence-electron chi connectivity index (χ3n) is 9.82. The van der Waals surface area contributed by atoms with Gasteiger partial charge in [0.25, 0.3) is 17.3 Å². The van der Waals surface area contributed by atoms with Gasteiger partial charge in [-0.05, 0) is 16.7 Å². The number of methoxy groups -OCH3 is 4. The maximum atomic E-state index is 13.2. The molecule has 0 saturated carbocycles. The number of carbonyl (C=O) groups is 5. The van der Waals surface area contributed by atoms with Crippen molar-refractivity contribution in [2.24, 2.45) is 0 Å². The first-order valence-corrected chi connectivity index (χ1v) is 20.3. The van der Waals surface area contributed by atoms with Crippen LogP contribution in [0.15, 0.2) is 109 Å². The van der Waals surface area contributed by atoms with E-state index in [1.165, 1.54) is 39.4 Å². The molecule has 6 rings (SSSR count). The first kappa shape index (κ1) is 55.8. The Morgan fingerprint density at radius 3 is 1.51 bits per heavy atom. The Morgan fingerprint density at radius 2 is 1.14 bits per heavy atom. The third kappa shape index (κ3) is 16.1. The first-order valence-electron chi connectivity index (χ1n) is 20.3. The van der Waals surface area contributed by atoms with Gasteiger partial charge >= 0.3 is 30.1 Å². The zero-order chi connectivity index (χ0) is 52.3. The number of carboxylic acids is 2. The summed E-state index contributed by atoms with van der Waals surface area (Å²) in [5, 5.41) is 40.8. The predicted molar refractivity (Wildman–Crippen MR) is 238 cm³/mol. The number of hydrogen-bond donors (Lipinski definition) is 3. The molecule has 24 heteroatoms. The number of likely N-dealkylation sites (tertiary alicyclic amines) is 1. The smallest absolute Gasteiger partial charge is 0.490 e. The number of halogens is 3. The Balaban J connectivity index is 0.000000286. The molecule has 21 nitrogen and oxygen atoms in total. The second-order valence-electron chi connectivity index (χ2n) is 14.7. The van der Waals surface area contributed by atoms with Crippen molar-refractivity contribution in [3.05, 3.63) is 152 Å². The summed E-state index contributed by atoms with van der Waals surface area (Å²) in [5.74, 6) is -5.06. The molecule has 4 N–H and O–H groups in total. The fourth-order valence-electron chi connectivity index (χ4n) is 6.39. The standard InChI is InChI=1S/C22H22N2O7.C15H13NO6.C7H11NO2.C2HF3O2/c1-14-9-18(22(26)30-3)23(12-14)21(25)16-10-19(29-2)20(11-17(16)24(27)28)31-13-15-7-5-4-6-8-15;1-21-13-7-11(15(17)18)12(16(19)20)8-14(13)22-9-10-5-3-2-4-6-10;1-5-3-6(8-4-5)7(9)10-2;3-2(4,5)1(6)7/h4-8,10-11,18H,1,9,12-13H2,2-3H3;2-8H,9H2,1H3,(H,17,18);6,8H,1,3-4H2,2H3;(H,6,7)/p+1/t18-;;6-;/m0.0./s1. The molecule has 2 saturated heterocycles. The monoisotopic (exact) mass is 985 g/mol. The van der Waals surface area contributed by atoms with Crippen molar-refractivity contribution in [3.8, 4) is 23.0 Å². The maximum Gasteiger partial charge on any atom is 0.490 e. The molecule has 0 bridgehead atoms. The van der Waals surface area contributed by atoms with Crippen LogP contribution in [0.1, 0.15) is 44.7 Å². The van der Waals surface area contributed by atoms with Gasteiger partial charge in [-0.15, -0.1) is 0 Å². The van der Waals surface area contributed by atoms with Crippen molar-refractivity contribution in [2.75, 3.05) is 41.5 Å². The van der Waals surface area contributed by atoms with Gasteiger partial charge in [-0.1, -0.05) is 79.4 Å². The number of esters is 2. The van der Waals surface area contributed by atoms with Gasteiger partial charge in [0, 0.05) is 31.5 Å². The first-order chi connectivity index (χ1) is 33.1. The number of hydrogen-bond acceptors (Lipinski definition) is 15. The van der Waals surface area contributed by atoms with E-state index in [9.17, 15) is 52.6 Å². The van der Waals surface area contributed by atoms with E-state index in [0.29, 0.717) is 5.57 Å². The van der Waals surface area contributed by atoms with Crippen LogP contribution in [0.3, 0.4) is 0 Å². The lowest BCUT2D eigenvalue weighted by Gasteiger charge is -2.22. The number of nitrogens with zero attached hydrogens (tertiary/aromatic N) is 3. The molecule has 2 atom stereocenters. The number of carbonyl (C=O) groups excluding carboxylic acids is 3. The lowest BCUT2D eigenvalue weighted by Crippen LogP contribution is -2.88. The minimum absolute atomic E-state index is 0.0301. The molecule has 2 aliphatic rings. The number of aliphatic carboxylic acids is 1. The van der Waals surface area contributed by atoms with Crippen molar-refractivity contribution in [1.29, 1.82) is 0 Å². The zero-order valence-corrected chi connectivity index (χ0v) is 38.0. The van der Waals surface area contributed by atoms with Gasteiger partial charge in [0.15, 0.2) is 29.0 Å². The van der Waals surface area contributed by atoms with Crippen molar-refractivity contribution in [1.82, 2.24) is 4.90 Å². The summed E-state index contributed by atoms with van der Waals surface area (Å²) in [6.07, 6.45) is -4.08. The highest BCUT2D eigenvalue weighted by molar-refractivity contribution is 6.01. The van der Waals surface area contributed by atoms with Crippen LogP contribution in [0.2, 0.25) is 0 Å². The normalized spacial score (nSPS) is 14.7. The molecular weight excluding hydrogens is 938 g/mol. The van der Waals surface area contributed by atoms with E-state index in [2.05, 4.69) is 17.9 Å². The molecule has 4 aromatic rings. The Kier molecular flexibility index (Phi) is 20.8. The molecule has 0 aromatic heterocycles. The van der Waals surface area contributed by atoms with E-state index in [1.54, 1.807) is 0 Å². The number of alkyl halides is 3.